The summed E-state index contributed by atoms with van der Waals surface area (Å²) in [5.41, 5.74) is 0.604. The number of rotatable bonds is 4. The molecule has 1 atom stereocenters. The number of amides is 1. The van der Waals surface area contributed by atoms with Crippen LogP contribution in [0.4, 0.5) is 37.8 Å². The van der Waals surface area contributed by atoms with Gasteiger partial charge in [0, 0.05) is 30.5 Å². The Bertz CT molecular complexity index is 1460. The molecule has 0 bridgehead atoms. The van der Waals surface area contributed by atoms with Gasteiger partial charge in [-0.05, 0) is 65.9 Å². The van der Waals surface area contributed by atoms with Crippen LogP contribution in [-0.4, -0.2) is 59.6 Å². The topological polar surface area (TPSA) is 87.6 Å². The molecule has 0 unspecified atom stereocenters. The van der Waals surface area contributed by atoms with Crippen LogP contribution in [0.1, 0.15) is 27.3 Å². The number of morpholine rings is 1. The van der Waals surface area contributed by atoms with Crippen LogP contribution in [0, 0.1) is 18.8 Å². The van der Waals surface area contributed by atoms with Crippen molar-refractivity contribution in [1.29, 1.82) is 0 Å². The highest BCUT2D eigenvalue weighted by Crippen LogP contribution is 2.31. The number of carbonyl (C=O) groups is 1. The molecule has 2 aromatic heterocycles. The zero-order valence-electron chi connectivity index (χ0n) is 20.9. The van der Waals surface area contributed by atoms with E-state index in [1.54, 1.807) is 37.1 Å². The Morgan fingerprint density at radius 3 is 2.48 bits per heavy atom. The van der Waals surface area contributed by atoms with Crippen molar-refractivity contribution in [2.45, 2.75) is 25.4 Å². The lowest BCUT2D eigenvalue weighted by atomic mass is 9.99. The summed E-state index contributed by atoms with van der Waals surface area (Å²) in [7, 11) is 0. The molecule has 1 amide bonds. The number of halogens is 6. The van der Waals surface area contributed by atoms with Crippen molar-refractivity contribution < 1.29 is 41.0 Å². The number of nitrogens with one attached hydrogen (secondary N) is 1. The predicted octanol–water partition coefficient (Wildman–Crippen LogP) is 4.83. The van der Waals surface area contributed by atoms with Gasteiger partial charge in [-0.15, -0.1) is 0 Å². The number of anilines is 2. The van der Waals surface area contributed by atoms with Crippen molar-refractivity contribution in [3.8, 4) is 23.0 Å². The van der Waals surface area contributed by atoms with Gasteiger partial charge in [0.2, 0.25) is 6.10 Å². The molecule has 1 aliphatic rings. The number of ether oxygens (including phenoxy) is 1. The zero-order valence-corrected chi connectivity index (χ0v) is 20.9. The molecule has 7 nitrogen and oxygen atoms in total. The summed E-state index contributed by atoms with van der Waals surface area (Å²) in [4.78, 5) is 22.2. The number of hydrogen-bond donors (Lipinski definition) is 2. The van der Waals surface area contributed by atoms with E-state index >= 15 is 0 Å². The van der Waals surface area contributed by atoms with E-state index in [0.29, 0.717) is 49.3 Å². The normalized spacial score (nSPS) is 14.8. The van der Waals surface area contributed by atoms with E-state index in [9.17, 15) is 36.2 Å². The van der Waals surface area contributed by atoms with E-state index in [4.69, 9.17) is 4.74 Å². The second-order valence-corrected chi connectivity index (χ2v) is 8.82. The van der Waals surface area contributed by atoms with E-state index in [1.807, 2.05) is 4.90 Å². The average molecular weight is 564 g/mol. The molecule has 0 aliphatic carbocycles. The number of aliphatic hydroxyl groups is 1. The van der Waals surface area contributed by atoms with E-state index in [0.717, 1.165) is 17.8 Å². The molecular formula is C27H22F6N4O3. The van der Waals surface area contributed by atoms with Crippen molar-refractivity contribution >= 4 is 17.4 Å². The van der Waals surface area contributed by atoms with Gasteiger partial charge in [0.25, 0.3) is 5.91 Å². The van der Waals surface area contributed by atoms with E-state index in [-0.39, 0.29) is 16.9 Å². The third kappa shape index (κ3) is 7.08. The Kier molecular flexibility index (Phi) is 8.32. The number of pyridine rings is 2. The fourth-order valence-corrected chi connectivity index (χ4v) is 3.85. The standard InChI is InChI=1S/C27H22F6N4O3/c1-16-2-3-20(36-25(39)17-6-7-34-22(13-17)26(28,29)30)15-21(16)18-12-19(4-5-23(38)27(31,32)33)35-24(14-18)37-8-10-40-11-9-37/h2-3,6-7,12-15,23,38H,8-11H2,1H3,(H,36,39)/t23-/m0/s1. The Hall–Kier alpha value is -4.15. The molecule has 0 spiro atoms. The van der Waals surface area contributed by atoms with Crippen molar-refractivity contribution in [2.24, 2.45) is 0 Å². The van der Waals surface area contributed by atoms with Gasteiger partial charge >= 0.3 is 12.4 Å². The molecule has 1 saturated heterocycles. The Labute approximate surface area is 224 Å². The van der Waals surface area contributed by atoms with Gasteiger partial charge in [-0.1, -0.05) is 12.0 Å². The number of alkyl halides is 6. The van der Waals surface area contributed by atoms with Crippen LogP contribution in [0.3, 0.4) is 0 Å². The fraction of sp³-hybridized carbons (Fsp3) is 0.296. The average Bonchev–Trinajstić information content (AvgIpc) is 2.92. The van der Waals surface area contributed by atoms with Crippen LogP contribution in [0.25, 0.3) is 11.1 Å². The van der Waals surface area contributed by atoms with Crippen LogP contribution < -0.4 is 10.2 Å². The smallest absolute Gasteiger partial charge is 0.378 e. The minimum absolute atomic E-state index is 0.0207. The van der Waals surface area contributed by atoms with Gasteiger partial charge in [0.05, 0.1) is 13.2 Å². The monoisotopic (exact) mass is 564 g/mol. The number of aliphatic hydroxyl groups excluding tert-OH is 1. The van der Waals surface area contributed by atoms with Crippen molar-refractivity contribution in [3.63, 3.8) is 0 Å². The number of benzene rings is 1. The maximum atomic E-state index is 13.0. The van der Waals surface area contributed by atoms with E-state index in [2.05, 4.69) is 21.2 Å². The maximum Gasteiger partial charge on any atom is 0.433 e. The zero-order chi connectivity index (χ0) is 29.1. The molecule has 210 valence electrons. The summed E-state index contributed by atoms with van der Waals surface area (Å²) in [6.07, 6.45) is -11.6. The van der Waals surface area contributed by atoms with Crippen molar-refractivity contribution in [2.75, 3.05) is 36.5 Å². The largest absolute Gasteiger partial charge is 0.433 e. The van der Waals surface area contributed by atoms with Crippen LogP contribution in [0.15, 0.2) is 48.7 Å². The molecule has 13 heteroatoms. The minimum Gasteiger partial charge on any atom is -0.378 e. The molecule has 2 N–H and O–H groups in total. The number of nitrogens with zero attached hydrogens (tertiary/aromatic N) is 3. The van der Waals surface area contributed by atoms with Gasteiger partial charge in [0.1, 0.15) is 17.2 Å². The second-order valence-electron chi connectivity index (χ2n) is 8.82. The van der Waals surface area contributed by atoms with Crippen molar-refractivity contribution in [3.05, 3.63) is 71.2 Å². The maximum absolute atomic E-state index is 13.0. The Balaban J connectivity index is 1.69. The van der Waals surface area contributed by atoms with Gasteiger partial charge < -0.3 is 20.1 Å². The summed E-state index contributed by atoms with van der Waals surface area (Å²) < 4.78 is 82.7. The lowest BCUT2D eigenvalue weighted by molar-refractivity contribution is -0.184. The Morgan fingerprint density at radius 1 is 1.07 bits per heavy atom. The van der Waals surface area contributed by atoms with Gasteiger partial charge in [-0.25, -0.2) is 4.98 Å². The number of carbonyl (C=O) groups excluding carboxylic acids is 1. The first-order valence-electron chi connectivity index (χ1n) is 11.9. The summed E-state index contributed by atoms with van der Waals surface area (Å²) in [6.45, 7) is 3.58. The number of hydrogen-bond acceptors (Lipinski definition) is 6. The lowest BCUT2D eigenvalue weighted by Gasteiger charge is -2.28. The first-order valence-corrected chi connectivity index (χ1v) is 11.9. The SMILES string of the molecule is Cc1ccc(NC(=O)c2ccnc(C(F)(F)F)c2)cc1-c1cc(C#C[C@H](O)C(F)(F)F)nc(N2CCOCC2)c1. The van der Waals surface area contributed by atoms with Crippen LogP contribution in [0.5, 0.6) is 0 Å². The number of aromatic nitrogens is 2. The quantitative estimate of drug-likeness (QED) is 0.349. The molecule has 0 saturated carbocycles. The lowest BCUT2D eigenvalue weighted by Crippen LogP contribution is -2.36. The van der Waals surface area contributed by atoms with Crippen molar-refractivity contribution in [1.82, 2.24) is 9.97 Å². The summed E-state index contributed by atoms with van der Waals surface area (Å²) >= 11 is 0. The highest BCUT2D eigenvalue weighted by Gasteiger charge is 2.37. The summed E-state index contributed by atoms with van der Waals surface area (Å²) in [5.74, 6) is 3.69. The van der Waals surface area contributed by atoms with Gasteiger partial charge in [0.15, 0.2) is 0 Å². The van der Waals surface area contributed by atoms with Crippen LogP contribution in [-0.2, 0) is 10.9 Å². The third-order valence-corrected chi connectivity index (χ3v) is 5.91. The second kappa shape index (κ2) is 11.5. The summed E-state index contributed by atoms with van der Waals surface area (Å²) in [6, 6.07) is 9.77. The molecular weight excluding hydrogens is 542 g/mol. The van der Waals surface area contributed by atoms with Crippen LogP contribution in [0.2, 0.25) is 0 Å². The minimum atomic E-state index is -4.92. The molecule has 1 fully saturated rings. The molecule has 1 aliphatic heterocycles. The highest BCUT2D eigenvalue weighted by molar-refractivity contribution is 6.04. The Morgan fingerprint density at radius 2 is 1.80 bits per heavy atom. The van der Waals surface area contributed by atoms with Gasteiger partial charge in [-0.3, -0.25) is 9.78 Å². The first-order chi connectivity index (χ1) is 18.8. The highest BCUT2D eigenvalue weighted by atomic mass is 19.4. The first kappa shape index (κ1) is 28.8. The molecule has 3 aromatic rings. The molecule has 3 heterocycles. The molecule has 0 radical (unpaired) electrons. The van der Waals surface area contributed by atoms with E-state index < -0.39 is 30.1 Å². The fourth-order valence-electron chi connectivity index (χ4n) is 3.85. The number of aryl methyl sites for hydroxylation is 1. The van der Waals surface area contributed by atoms with E-state index in [1.165, 1.54) is 6.07 Å². The third-order valence-electron chi connectivity index (χ3n) is 5.91. The predicted molar refractivity (Wildman–Crippen MR) is 134 cm³/mol. The van der Waals surface area contributed by atoms with Crippen LogP contribution >= 0.6 is 0 Å². The van der Waals surface area contributed by atoms with Gasteiger partial charge in [-0.2, -0.15) is 26.3 Å². The molecule has 1 aromatic carbocycles. The molecule has 40 heavy (non-hydrogen) atoms. The summed E-state index contributed by atoms with van der Waals surface area (Å²) in [5, 5.41) is 11.9. The molecule has 4 rings (SSSR count).